The van der Waals surface area contributed by atoms with Crippen molar-refractivity contribution in [2.45, 2.75) is 88.5 Å². The second-order valence-corrected chi connectivity index (χ2v) is 12.1. The van der Waals surface area contributed by atoms with E-state index in [0.29, 0.717) is 11.8 Å². The number of rotatable bonds is 3. The number of piperidine rings is 1. The summed E-state index contributed by atoms with van der Waals surface area (Å²) in [5.41, 5.74) is 4.72. The molecule has 4 aliphatic rings. The number of benzene rings is 1. The molecule has 5 heteroatoms. The van der Waals surface area contributed by atoms with Crippen LogP contribution >= 0.6 is 0 Å². The molecular weight excluding hydrogens is 449 g/mol. The Morgan fingerprint density at radius 2 is 1.92 bits per heavy atom. The third-order valence-corrected chi connectivity index (χ3v) is 10.1. The van der Waals surface area contributed by atoms with Crippen LogP contribution in [0.1, 0.15) is 86.2 Å². The number of aromatic nitrogens is 1. The van der Waals surface area contributed by atoms with Crippen LogP contribution in [0.5, 0.6) is 0 Å². The molecule has 3 fully saturated rings. The van der Waals surface area contributed by atoms with E-state index in [0.717, 1.165) is 57.3 Å². The van der Waals surface area contributed by atoms with Crippen LogP contribution in [0.4, 0.5) is 4.39 Å². The summed E-state index contributed by atoms with van der Waals surface area (Å²) >= 11 is 0. The Balaban J connectivity index is 1.31. The first-order chi connectivity index (χ1) is 17.6. The number of aryl methyl sites for hydroxylation is 2. The van der Waals surface area contributed by atoms with Gasteiger partial charge in [-0.3, -0.25) is 4.79 Å². The monoisotopic (exact) mass is 491 g/mol. The van der Waals surface area contributed by atoms with Gasteiger partial charge in [-0.05, 0) is 68.1 Å². The van der Waals surface area contributed by atoms with Gasteiger partial charge >= 0.3 is 0 Å². The van der Waals surface area contributed by atoms with Gasteiger partial charge in [0.1, 0.15) is 11.7 Å². The van der Waals surface area contributed by atoms with E-state index in [9.17, 15) is 9.18 Å². The number of hydrogen-bond donors (Lipinski definition) is 1. The van der Waals surface area contributed by atoms with Crippen LogP contribution in [0.15, 0.2) is 36.4 Å². The minimum absolute atomic E-state index is 0.0313. The van der Waals surface area contributed by atoms with Crippen LogP contribution < -0.4 is 10.3 Å². The number of H-pyrrole nitrogens is 1. The maximum Gasteiger partial charge on any atom is 0.232 e. The zero-order valence-corrected chi connectivity index (χ0v) is 21.8. The molecule has 1 spiro atoms. The van der Waals surface area contributed by atoms with Gasteiger partial charge in [0.05, 0.1) is 18.5 Å². The molecule has 3 N–H and O–H groups in total. The van der Waals surface area contributed by atoms with Crippen LogP contribution in [-0.2, 0) is 16.6 Å². The highest BCUT2D eigenvalue weighted by Crippen LogP contribution is 2.46. The number of nitrogens with one attached hydrogen (secondary N) is 1. The van der Waals surface area contributed by atoms with Gasteiger partial charge in [0, 0.05) is 37.6 Å². The number of carbonyl (C=O) groups excluding carboxylic acids is 1. The average Bonchev–Trinajstić information content (AvgIpc) is 3.32. The molecule has 2 aromatic rings. The van der Waals surface area contributed by atoms with Crippen LogP contribution in [-0.4, -0.2) is 36.5 Å². The first-order valence-electron chi connectivity index (χ1n) is 14.5. The molecule has 2 aliphatic heterocycles. The van der Waals surface area contributed by atoms with E-state index in [2.05, 4.69) is 34.3 Å². The molecule has 0 bridgehead atoms. The predicted octanol–water partition coefficient (Wildman–Crippen LogP) is 4.07. The van der Waals surface area contributed by atoms with E-state index in [1.54, 1.807) is 12.1 Å². The number of nitrogens with zero attached hydrogens (tertiary/aromatic N) is 1. The number of quaternary nitrogens is 1. The number of hydrogen-bond acceptors (Lipinski definition) is 1. The third kappa shape index (κ3) is 4.17. The summed E-state index contributed by atoms with van der Waals surface area (Å²) in [6.45, 7) is 4.78. The molecule has 1 amide bonds. The smallest absolute Gasteiger partial charge is 0.232 e. The zero-order valence-electron chi connectivity index (χ0n) is 21.8. The van der Waals surface area contributed by atoms with Crippen molar-refractivity contribution in [3.8, 4) is 0 Å². The lowest BCUT2D eigenvalue weighted by molar-refractivity contribution is -0.640. The standard InChI is InChI=1S/C31H40FN3O/c1-21-13-14-25-28(34-21)12-7-16-31(25)20-33-19-26(31)30(36)35-17-15-23(24-10-5-6-11-27(24)32)18-29(35)22-8-3-2-4-9-22/h5-6,10-11,13-14,22-23,26,29,33H,2-4,7-9,12,15-20H2,1H3/p+2/t23-,26+,29+,31+/m1/s1. The maximum atomic E-state index is 14.8. The minimum Gasteiger partial charge on any atom is -0.345 e. The zero-order chi connectivity index (χ0) is 24.7. The lowest BCUT2D eigenvalue weighted by atomic mass is 9.64. The number of nitrogens with two attached hydrogens (primary N) is 1. The summed E-state index contributed by atoms with van der Waals surface area (Å²) in [5.74, 6) is 1.08. The number of aromatic amines is 1. The third-order valence-electron chi connectivity index (χ3n) is 10.1. The van der Waals surface area contributed by atoms with E-state index in [-0.39, 0.29) is 29.1 Å². The topological polar surface area (TPSA) is 51.1 Å². The predicted molar refractivity (Wildman–Crippen MR) is 138 cm³/mol. The Labute approximate surface area is 215 Å². The highest BCUT2D eigenvalue weighted by molar-refractivity contribution is 5.82. The molecule has 3 heterocycles. The number of amides is 1. The molecule has 2 aliphatic carbocycles. The van der Waals surface area contributed by atoms with Crippen molar-refractivity contribution in [3.05, 3.63) is 64.7 Å². The molecule has 0 unspecified atom stereocenters. The number of fused-ring (bicyclic) bond motifs is 2. The van der Waals surface area contributed by atoms with Gasteiger partial charge in [-0.2, -0.15) is 0 Å². The lowest BCUT2D eigenvalue weighted by Crippen LogP contribution is -2.82. The Kier molecular flexibility index (Phi) is 6.62. The normalized spacial score (nSPS) is 30.9. The first-order valence-corrected chi connectivity index (χ1v) is 14.5. The number of carbonyl (C=O) groups is 1. The summed E-state index contributed by atoms with van der Waals surface area (Å²) in [5, 5.41) is 2.39. The van der Waals surface area contributed by atoms with Crippen molar-refractivity contribution in [2.75, 3.05) is 19.6 Å². The van der Waals surface area contributed by atoms with Crippen molar-refractivity contribution in [1.82, 2.24) is 4.90 Å². The Hall–Kier alpha value is -2.27. The molecule has 4 nitrogen and oxygen atoms in total. The first kappa shape index (κ1) is 24.1. The quantitative estimate of drug-likeness (QED) is 0.691. The van der Waals surface area contributed by atoms with Gasteiger partial charge < -0.3 is 10.2 Å². The van der Waals surface area contributed by atoms with Gasteiger partial charge in [0.2, 0.25) is 5.91 Å². The fourth-order valence-corrected chi connectivity index (χ4v) is 8.35. The molecule has 4 atom stereocenters. The summed E-state index contributed by atoms with van der Waals surface area (Å²) < 4.78 is 14.8. The van der Waals surface area contributed by atoms with E-state index in [1.165, 1.54) is 49.1 Å². The highest BCUT2D eigenvalue weighted by atomic mass is 19.1. The van der Waals surface area contributed by atoms with Gasteiger partial charge in [-0.25, -0.2) is 9.37 Å². The molecule has 36 heavy (non-hydrogen) atoms. The second kappa shape index (κ2) is 9.89. The molecule has 1 saturated carbocycles. The molecule has 1 aromatic heterocycles. The lowest BCUT2D eigenvalue weighted by Gasteiger charge is -2.47. The van der Waals surface area contributed by atoms with E-state index in [1.807, 2.05) is 12.1 Å². The SMILES string of the molecule is Cc1ccc2c([nH+]1)CCC[C@]21C[NH2+]C[C@H]1C(=O)N1CC[C@@H](c2ccccc2F)C[C@H]1C1CCCCC1. The van der Waals surface area contributed by atoms with Crippen molar-refractivity contribution in [1.29, 1.82) is 0 Å². The summed E-state index contributed by atoms with van der Waals surface area (Å²) in [7, 11) is 0. The van der Waals surface area contributed by atoms with Crippen LogP contribution in [0, 0.1) is 24.6 Å². The highest BCUT2D eigenvalue weighted by Gasteiger charge is 2.56. The van der Waals surface area contributed by atoms with Crippen LogP contribution in [0.3, 0.4) is 0 Å². The van der Waals surface area contributed by atoms with Gasteiger partial charge in [-0.15, -0.1) is 0 Å². The molecular formula is C31H42FN3O+2. The number of likely N-dealkylation sites (tertiary alicyclic amines) is 1. The molecule has 192 valence electrons. The van der Waals surface area contributed by atoms with Gasteiger partial charge in [0.15, 0.2) is 11.4 Å². The van der Waals surface area contributed by atoms with Crippen LogP contribution in [0.25, 0.3) is 0 Å². The fourth-order valence-electron chi connectivity index (χ4n) is 8.35. The van der Waals surface area contributed by atoms with Crippen LogP contribution in [0.2, 0.25) is 0 Å². The van der Waals surface area contributed by atoms with E-state index >= 15 is 0 Å². The van der Waals surface area contributed by atoms with E-state index in [4.69, 9.17) is 0 Å². The fraction of sp³-hybridized carbons (Fsp3) is 0.613. The number of pyridine rings is 1. The van der Waals surface area contributed by atoms with Crippen molar-refractivity contribution >= 4 is 5.91 Å². The molecule has 2 saturated heterocycles. The number of halogens is 1. The van der Waals surface area contributed by atoms with Crippen molar-refractivity contribution in [2.24, 2.45) is 11.8 Å². The molecule has 0 radical (unpaired) electrons. The molecule has 6 rings (SSSR count). The van der Waals surface area contributed by atoms with E-state index < -0.39 is 0 Å². The second-order valence-electron chi connectivity index (χ2n) is 12.1. The molecule has 1 aromatic carbocycles. The maximum absolute atomic E-state index is 14.8. The van der Waals surface area contributed by atoms with Gasteiger partial charge in [0.25, 0.3) is 0 Å². The Morgan fingerprint density at radius 1 is 1.08 bits per heavy atom. The Bertz CT molecular complexity index is 1110. The van der Waals surface area contributed by atoms with Gasteiger partial charge in [-0.1, -0.05) is 37.5 Å². The van der Waals surface area contributed by atoms with Crippen molar-refractivity contribution < 1.29 is 19.5 Å². The van der Waals surface area contributed by atoms with Crippen molar-refractivity contribution in [3.63, 3.8) is 0 Å². The Morgan fingerprint density at radius 3 is 2.75 bits per heavy atom. The summed E-state index contributed by atoms with van der Waals surface area (Å²) in [6, 6.07) is 12.0. The summed E-state index contributed by atoms with van der Waals surface area (Å²) in [4.78, 5) is 20.5. The largest absolute Gasteiger partial charge is 0.345 e. The summed E-state index contributed by atoms with van der Waals surface area (Å²) in [6.07, 6.45) is 11.3. The minimum atomic E-state index is -0.0839. The average molecular weight is 492 g/mol.